The van der Waals surface area contributed by atoms with E-state index in [9.17, 15) is 13.2 Å². The summed E-state index contributed by atoms with van der Waals surface area (Å²) in [6.07, 6.45) is 3.09. The van der Waals surface area contributed by atoms with Crippen LogP contribution >= 0.6 is 0 Å². The standard InChI is InChI=1S/C21H26N2O4S/c1-15-7-10-20(27-3)19(13-15)22-28(25,26)17-9-8-16(2)18(14-17)21(24)23-11-5-4-6-12-23/h7-10,13-14,22H,4-6,11-12H2,1-3H3. The number of carbonyl (C=O) groups is 1. The van der Waals surface area contributed by atoms with Crippen molar-refractivity contribution >= 4 is 21.6 Å². The van der Waals surface area contributed by atoms with Gasteiger partial charge in [0.15, 0.2) is 0 Å². The first-order chi connectivity index (χ1) is 13.3. The fourth-order valence-corrected chi connectivity index (χ4v) is 4.46. The molecular weight excluding hydrogens is 376 g/mol. The molecule has 28 heavy (non-hydrogen) atoms. The van der Waals surface area contributed by atoms with Crippen molar-refractivity contribution in [3.63, 3.8) is 0 Å². The molecule has 1 N–H and O–H groups in total. The number of nitrogens with zero attached hydrogens (tertiary/aromatic N) is 1. The van der Waals surface area contributed by atoms with Gasteiger partial charge in [-0.1, -0.05) is 12.1 Å². The van der Waals surface area contributed by atoms with E-state index in [1.54, 1.807) is 23.1 Å². The molecule has 1 aliphatic heterocycles. The SMILES string of the molecule is COc1ccc(C)cc1NS(=O)(=O)c1ccc(C)c(C(=O)N2CCCCC2)c1. The van der Waals surface area contributed by atoms with Crippen molar-refractivity contribution in [2.75, 3.05) is 24.9 Å². The normalized spacial score (nSPS) is 14.6. The van der Waals surface area contributed by atoms with Crippen molar-refractivity contribution in [2.24, 2.45) is 0 Å². The van der Waals surface area contributed by atoms with Gasteiger partial charge in [0.05, 0.1) is 17.7 Å². The van der Waals surface area contributed by atoms with Crippen molar-refractivity contribution in [3.8, 4) is 5.75 Å². The van der Waals surface area contributed by atoms with Gasteiger partial charge in [0.2, 0.25) is 0 Å². The number of anilines is 1. The van der Waals surface area contributed by atoms with Gasteiger partial charge >= 0.3 is 0 Å². The number of benzene rings is 2. The molecule has 1 aliphatic rings. The van der Waals surface area contributed by atoms with E-state index in [0.717, 1.165) is 30.4 Å². The monoisotopic (exact) mass is 402 g/mol. The highest BCUT2D eigenvalue weighted by atomic mass is 32.2. The third-order valence-corrected chi connectivity index (χ3v) is 6.36. The van der Waals surface area contributed by atoms with E-state index in [2.05, 4.69) is 4.72 Å². The highest BCUT2D eigenvalue weighted by Gasteiger charge is 2.23. The van der Waals surface area contributed by atoms with Gasteiger partial charge in [-0.3, -0.25) is 9.52 Å². The summed E-state index contributed by atoms with van der Waals surface area (Å²) in [5.41, 5.74) is 2.47. The van der Waals surface area contributed by atoms with E-state index in [0.29, 0.717) is 30.1 Å². The Balaban J connectivity index is 1.92. The molecule has 0 atom stereocenters. The second-order valence-corrected chi connectivity index (χ2v) is 8.82. The first-order valence-corrected chi connectivity index (χ1v) is 10.9. The lowest BCUT2D eigenvalue weighted by Gasteiger charge is -2.27. The Hall–Kier alpha value is -2.54. The van der Waals surface area contributed by atoms with Crippen molar-refractivity contribution < 1.29 is 17.9 Å². The highest BCUT2D eigenvalue weighted by Crippen LogP contribution is 2.28. The Labute approximate surface area is 166 Å². The summed E-state index contributed by atoms with van der Waals surface area (Å²) in [5.74, 6) is 0.327. The van der Waals surface area contributed by atoms with Crippen LogP contribution in [0.1, 0.15) is 40.7 Å². The van der Waals surface area contributed by atoms with Gasteiger partial charge < -0.3 is 9.64 Å². The number of ether oxygens (including phenoxy) is 1. The van der Waals surface area contributed by atoms with Gasteiger partial charge in [-0.15, -0.1) is 0 Å². The summed E-state index contributed by atoms with van der Waals surface area (Å²) < 4.78 is 33.7. The molecule has 0 aliphatic carbocycles. The summed E-state index contributed by atoms with van der Waals surface area (Å²) in [5, 5.41) is 0. The second-order valence-electron chi connectivity index (χ2n) is 7.14. The van der Waals surface area contributed by atoms with Gasteiger partial charge in [0, 0.05) is 18.7 Å². The zero-order valence-corrected chi connectivity index (χ0v) is 17.3. The third kappa shape index (κ3) is 4.30. The molecule has 1 saturated heterocycles. The summed E-state index contributed by atoms with van der Waals surface area (Å²) in [7, 11) is -2.38. The molecule has 2 aromatic rings. The number of methoxy groups -OCH3 is 1. The van der Waals surface area contributed by atoms with Crippen LogP contribution in [0.15, 0.2) is 41.3 Å². The molecule has 1 amide bonds. The molecule has 0 spiro atoms. The van der Waals surface area contributed by atoms with Crippen molar-refractivity contribution in [1.82, 2.24) is 4.90 Å². The molecule has 0 aromatic heterocycles. The van der Waals surface area contributed by atoms with Crippen molar-refractivity contribution in [3.05, 3.63) is 53.1 Å². The molecule has 150 valence electrons. The molecular formula is C21H26N2O4S. The lowest BCUT2D eigenvalue weighted by molar-refractivity contribution is 0.0723. The van der Waals surface area contributed by atoms with E-state index < -0.39 is 10.0 Å². The average molecular weight is 403 g/mol. The quantitative estimate of drug-likeness (QED) is 0.827. The van der Waals surface area contributed by atoms with Gasteiger partial charge in [-0.25, -0.2) is 8.42 Å². The van der Waals surface area contributed by atoms with Crippen LogP contribution < -0.4 is 9.46 Å². The molecule has 0 bridgehead atoms. The Bertz CT molecular complexity index is 980. The molecule has 0 unspecified atom stereocenters. The topological polar surface area (TPSA) is 75.7 Å². The Kier molecular flexibility index (Phi) is 5.93. The number of aryl methyl sites for hydroxylation is 2. The molecule has 2 aromatic carbocycles. The van der Waals surface area contributed by atoms with Gasteiger partial charge in [-0.2, -0.15) is 0 Å². The Morgan fingerprint density at radius 3 is 2.43 bits per heavy atom. The predicted molar refractivity (Wildman–Crippen MR) is 109 cm³/mol. The lowest BCUT2D eigenvalue weighted by atomic mass is 10.1. The molecule has 7 heteroatoms. The second kappa shape index (κ2) is 8.22. The number of piperidine rings is 1. The van der Waals surface area contributed by atoms with Gasteiger partial charge in [0.25, 0.3) is 15.9 Å². The van der Waals surface area contributed by atoms with E-state index in [1.807, 2.05) is 19.9 Å². The first-order valence-electron chi connectivity index (χ1n) is 9.39. The Morgan fingerprint density at radius 2 is 1.75 bits per heavy atom. The number of nitrogens with one attached hydrogen (secondary N) is 1. The fraction of sp³-hybridized carbons (Fsp3) is 0.381. The van der Waals surface area contributed by atoms with Crippen LogP contribution in [0.2, 0.25) is 0 Å². The number of likely N-dealkylation sites (tertiary alicyclic amines) is 1. The minimum absolute atomic E-state index is 0.0574. The number of hydrogen-bond acceptors (Lipinski definition) is 4. The van der Waals surface area contributed by atoms with Crippen LogP contribution in [-0.2, 0) is 10.0 Å². The van der Waals surface area contributed by atoms with E-state index in [-0.39, 0.29) is 10.8 Å². The van der Waals surface area contributed by atoms with Gasteiger partial charge in [-0.05, 0) is 68.5 Å². The zero-order valence-electron chi connectivity index (χ0n) is 16.5. The molecule has 0 saturated carbocycles. The zero-order chi connectivity index (χ0) is 20.3. The molecule has 6 nitrogen and oxygen atoms in total. The fourth-order valence-electron chi connectivity index (χ4n) is 3.37. The minimum atomic E-state index is -3.87. The maximum absolute atomic E-state index is 13.0. The number of sulfonamides is 1. The first kappa shape index (κ1) is 20.2. The van der Waals surface area contributed by atoms with E-state index in [1.165, 1.54) is 19.2 Å². The minimum Gasteiger partial charge on any atom is -0.495 e. The predicted octanol–water partition coefficient (Wildman–Crippen LogP) is 3.74. The van der Waals surface area contributed by atoms with E-state index in [4.69, 9.17) is 4.74 Å². The van der Waals surface area contributed by atoms with Crippen molar-refractivity contribution in [1.29, 1.82) is 0 Å². The maximum Gasteiger partial charge on any atom is 0.262 e. The highest BCUT2D eigenvalue weighted by molar-refractivity contribution is 7.92. The number of carbonyl (C=O) groups excluding carboxylic acids is 1. The largest absolute Gasteiger partial charge is 0.495 e. The average Bonchev–Trinajstić information content (AvgIpc) is 2.68. The van der Waals surface area contributed by atoms with Crippen LogP contribution in [0.3, 0.4) is 0 Å². The molecule has 1 fully saturated rings. The van der Waals surface area contributed by atoms with Crippen LogP contribution in [0.25, 0.3) is 0 Å². The number of amides is 1. The summed E-state index contributed by atoms with van der Waals surface area (Å²) in [4.78, 5) is 14.8. The van der Waals surface area contributed by atoms with Crippen molar-refractivity contribution in [2.45, 2.75) is 38.0 Å². The lowest BCUT2D eigenvalue weighted by Crippen LogP contribution is -2.36. The molecule has 3 rings (SSSR count). The van der Waals surface area contributed by atoms with E-state index >= 15 is 0 Å². The Morgan fingerprint density at radius 1 is 1.04 bits per heavy atom. The molecule has 0 radical (unpaired) electrons. The molecule has 1 heterocycles. The maximum atomic E-state index is 13.0. The van der Waals surface area contributed by atoms with Crippen LogP contribution in [-0.4, -0.2) is 39.4 Å². The smallest absolute Gasteiger partial charge is 0.262 e. The van der Waals surface area contributed by atoms with Crippen LogP contribution in [0, 0.1) is 13.8 Å². The van der Waals surface area contributed by atoms with Crippen LogP contribution in [0.4, 0.5) is 5.69 Å². The number of rotatable bonds is 5. The third-order valence-electron chi connectivity index (χ3n) is 4.99. The summed E-state index contributed by atoms with van der Waals surface area (Å²) in [6, 6.07) is 9.94. The van der Waals surface area contributed by atoms with Gasteiger partial charge in [0.1, 0.15) is 5.75 Å². The summed E-state index contributed by atoms with van der Waals surface area (Å²) in [6.45, 7) is 5.13. The number of hydrogen-bond donors (Lipinski definition) is 1. The summed E-state index contributed by atoms with van der Waals surface area (Å²) >= 11 is 0. The van der Waals surface area contributed by atoms with Crippen LogP contribution in [0.5, 0.6) is 5.75 Å².